The standard InChI is InChI=1S/C46H56ClF2N7O8S/c1-45(2,3)63-43(58)53-41-31(22-50)35-29(15-16-33(48)39(35)65-41)36-32(47)21-30-38(37(36)49)51-42(62-25-28-11-8-17-54(28)18-10-20-61-19-9-12-34(57)60-7)52-40(30)55-23-26-13-14-27(24-55)56(26)44(59)64-46(4,5)6/h15-16,21,26-28H,8-14,17-20,23-25H2,1-7H3,(H,53,58)/t26?,27?,28-/m0/s1. The highest BCUT2D eigenvalue weighted by Gasteiger charge is 2.45. The first kappa shape index (κ1) is 47.9. The van der Waals surface area contributed by atoms with Gasteiger partial charge in [0, 0.05) is 61.6 Å². The molecule has 1 N–H and O–H groups in total. The molecule has 65 heavy (non-hydrogen) atoms. The number of benzene rings is 2. The van der Waals surface area contributed by atoms with Gasteiger partial charge in [-0.15, -0.1) is 11.3 Å². The van der Waals surface area contributed by atoms with E-state index in [4.69, 9.17) is 35.5 Å². The molecule has 2 aromatic carbocycles. The molecule has 2 amide bonds. The number of hydrogen-bond acceptors (Lipinski definition) is 14. The minimum absolute atomic E-state index is 0.0117. The summed E-state index contributed by atoms with van der Waals surface area (Å²) in [5.74, 6) is -1.39. The number of methoxy groups -OCH3 is 1. The van der Waals surface area contributed by atoms with Crippen LogP contribution in [-0.2, 0) is 23.7 Å². The van der Waals surface area contributed by atoms with Crippen molar-refractivity contribution in [3.8, 4) is 23.2 Å². The molecule has 0 aliphatic carbocycles. The summed E-state index contributed by atoms with van der Waals surface area (Å²) in [5, 5.41) is 13.3. The first-order valence-electron chi connectivity index (χ1n) is 22.0. The number of halogens is 3. The van der Waals surface area contributed by atoms with Gasteiger partial charge < -0.3 is 28.6 Å². The first-order valence-corrected chi connectivity index (χ1v) is 23.2. The predicted molar refractivity (Wildman–Crippen MR) is 244 cm³/mol. The summed E-state index contributed by atoms with van der Waals surface area (Å²) in [5.41, 5.74) is -1.71. The Labute approximate surface area is 386 Å². The van der Waals surface area contributed by atoms with Gasteiger partial charge in [-0.2, -0.15) is 15.2 Å². The third kappa shape index (κ3) is 11.0. The van der Waals surface area contributed by atoms with Crippen LogP contribution in [0, 0.1) is 23.0 Å². The highest BCUT2D eigenvalue weighted by molar-refractivity contribution is 7.23. The molecule has 0 saturated carbocycles. The van der Waals surface area contributed by atoms with Crippen LogP contribution >= 0.6 is 22.9 Å². The van der Waals surface area contributed by atoms with Crippen molar-refractivity contribution in [1.82, 2.24) is 19.8 Å². The molecule has 350 valence electrons. The molecular formula is C46H56ClF2N7O8S. The zero-order valence-electron chi connectivity index (χ0n) is 37.9. The number of fused-ring (bicyclic) bond motifs is 4. The van der Waals surface area contributed by atoms with Gasteiger partial charge >= 0.3 is 24.2 Å². The largest absolute Gasteiger partial charge is 0.469 e. The number of likely N-dealkylation sites (tertiary alicyclic amines) is 1. The number of aromatic nitrogens is 2. The van der Waals surface area contributed by atoms with E-state index in [1.54, 1.807) is 31.7 Å². The van der Waals surface area contributed by atoms with Gasteiger partial charge in [-0.1, -0.05) is 17.7 Å². The molecule has 0 spiro atoms. The first-order chi connectivity index (χ1) is 30.8. The van der Waals surface area contributed by atoms with Crippen molar-refractivity contribution >= 4 is 72.9 Å². The highest BCUT2D eigenvalue weighted by Crippen LogP contribution is 2.47. The van der Waals surface area contributed by atoms with Crippen LogP contribution in [0.2, 0.25) is 5.02 Å². The van der Waals surface area contributed by atoms with E-state index in [9.17, 15) is 19.6 Å². The molecule has 3 aliphatic heterocycles. The Kier molecular flexibility index (Phi) is 14.6. The second-order valence-corrected chi connectivity index (χ2v) is 20.0. The quantitative estimate of drug-likeness (QED) is 0.0722. The molecule has 0 radical (unpaired) electrons. The van der Waals surface area contributed by atoms with E-state index in [1.165, 1.54) is 13.2 Å². The van der Waals surface area contributed by atoms with Crippen molar-refractivity contribution in [3.05, 3.63) is 40.4 Å². The van der Waals surface area contributed by atoms with Gasteiger partial charge in [0.15, 0.2) is 5.82 Å². The number of nitriles is 1. The Morgan fingerprint density at radius 3 is 2.38 bits per heavy atom. The van der Waals surface area contributed by atoms with Gasteiger partial charge in [-0.25, -0.2) is 18.4 Å². The maximum Gasteiger partial charge on any atom is 0.412 e. The molecular weight excluding hydrogens is 884 g/mol. The van der Waals surface area contributed by atoms with E-state index in [0.717, 1.165) is 62.6 Å². The smallest absolute Gasteiger partial charge is 0.412 e. The van der Waals surface area contributed by atoms with E-state index in [-0.39, 0.29) is 85.1 Å². The summed E-state index contributed by atoms with van der Waals surface area (Å²) in [4.78, 5) is 53.3. The summed E-state index contributed by atoms with van der Waals surface area (Å²) in [6.45, 7) is 14.2. The van der Waals surface area contributed by atoms with E-state index in [1.807, 2.05) is 25.7 Å². The minimum Gasteiger partial charge on any atom is -0.469 e. The summed E-state index contributed by atoms with van der Waals surface area (Å²) >= 11 is 7.86. The molecule has 3 atom stereocenters. The second-order valence-electron chi connectivity index (χ2n) is 18.6. The summed E-state index contributed by atoms with van der Waals surface area (Å²) < 4.78 is 61.1. The van der Waals surface area contributed by atoms with Crippen LogP contribution in [-0.4, -0.2) is 120 Å². The number of thiophene rings is 1. The Bertz CT molecular complexity index is 2470. The van der Waals surface area contributed by atoms with Crippen LogP contribution in [0.5, 0.6) is 6.01 Å². The number of piperazine rings is 1. The van der Waals surface area contributed by atoms with Crippen LogP contribution < -0.4 is 15.0 Å². The maximum atomic E-state index is 17.6. The number of carbonyl (C=O) groups excluding carboxylic acids is 3. The number of rotatable bonds is 14. The number of anilines is 2. The molecule has 15 nitrogen and oxygen atoms in total. The Hall–Kier alpha value is -5.09. The Morgan fingerprint density at radius 2 is 1.71 bits per heavy atom. The summed E-state index contributed by atoms with van der Waals surface area (Å²) in [6.07, 6.45) is 3.79. The van der Waals surface area contributed by atoms with Crippen LogP contribution in [0.3, 0.4) is 0 Å². The van der Waals surface area contributed by atoms with E-state index in [2.05, 4.69) is 26.0 Å². The van der Waals surface area contributed by atoms with Crippen molar-refractivity contribution in [2.75, 3.05) is 63.3 Å². The van der Waals surface area contributed by atoms with Gasteiger partial charge in [0.1, 0.15) is 46.0 Å². The SMILES string of the molecule is COC(=O)CCCOCCCN1CCC[C@H]1COc1nc(N2CC3CCC(C2)N3C(=O)OC(C)(C)C)c2cc(Cl)c(-c3ccc(F)c4sc(NC(=O)OC(C)(C)C)c(C#N)c34)c(F)c2n1. The lowest BCUT2D eigenvalue weighted by Gasteiger charge is -2.42. The Morgan fingerprint density at radius 1 is 1.00 bits per heavy atom. The third-order valence-electron chi connectivity index (χ3n) is 11.5. The average molecular weight is 941 g/mol. The molecule has 3 aliphatic rings. The van der Waals surface area contributed by atoms with Gasteiger partial charge in [0.05, 0.1) is 34.5 Å². The van der Waals surface area contributed by atoms with Crippen LogP contribution in [0.4, 0.5) is 29.2 Å². The number of hydrogen-bond donors (Lipinski definition) is 1. The average Bonchev–Trinajstić information content (AvgIpc) is 3.92. The second kappa shape index (κ2) is 19.8. The summed E-state index contributed by atoms with van der Waals surface area (Å²) in [6, 6.07) is 5.75. The zero-order valence-corrected chi connectivity index (χ0v) is 39.4. The van der Waals surface area contributed by atoms with E-state index < -0.39 is 28.9 Å². The van der Waals surface area contributed by atoms with Crippen molar-refractivity contribution in [3.63, 3.8) is 0 Å². The molecule has 4 aromatic rings. The highest BCUT2D eigenvalue weighted by atomic mass is 35.5. The van der Waals surface area contributed by atoms with Gasteiger partial charge in [-0.05, 0) is 104 Å². The topological polar surface area (TPSA) is 169 Å². The number of nitrogens with one attached hydrogen (secondary N) is 1. The van der Waals surface area contributed by atoms with Crippen molar-refractivity contribution < 1.29 is 46.8 Å². The molecule has 19 heteroatoms. The van der Waals surface area contributed by atoms with Crippen molar-refractivity contribution in [1.29, 1.82) is 5.26 Å². The lowest BCUT2D eigenvalue weighted by Crippen LogP contribution is -2.57. The van der Waals surface area contributed by atoms with Gasteiger partial charge in [-0.3, -0.25) is 19.9 Å². The fraction of sp³-hybridized carbons (Fsp3) is 0.565. The van der Waals surface area contributed by atoms with E-state index in [0.29, 0.717) is 50.3 Å². The number of esters is 1. The molecule has 3 fully saturated rings. The summed E-state index contributed by atoms with van der Waals surface area (Å²) in [7, 11) is 1.37. The predicted octanol–water partition coefficient (Wildman–Crippen LogP) is 9.45. The van der Waals surface area contributed by atoms with Crippen LogP contribution in [0.15, 0.2) is 18.2 Å². The van der Waals surface area contributed by atoms with Crippen molar-refractivity contribution in [2.45, 2.75) is 116 Å². The molecule has 3 saturated heterocycles. The minimum atomic E-state index is -0.846. The maximum absolute atomic E-state index is 17.6. The van der Waals surface area contributed by atoms with E-state index >= 15 is 8.78 Å². The molecule has 5 heterocycles. The monoisotopic (exact) mass is 939 g/mol. The lowest BCUT2D eigenvalue weighted by atomic mass is 9.97. The fourth-order valence-electron chi connectivity index (χ4n) is 8.81. The molecule has 2 bridgehead atoms. The number of ether oxygens (including phenoxy) is 5. The third-order valence-corrected chi connectivity index (χ3v) is 13.0. The number of nitrogens with zero attached hydrogens (tertiary/aromatic N) is 6. The molecule has 2 aromatic heterocycles. The van der Waals surface area contributed by atoms with Crippen LogP contribution in [0.1, 0.15) is 92.1 Å². The number of amides is 2. The fourth-order valence-corrected chi connectivity index (χ4v) is 10.2. The zero-order chi connectivity index (χ0) is 46.8. The van der Waals surface area contributed by atoms with Gasteiger partial charge in [0.25, 0.3) is 0 Å². The lowest BCUT2D eigenvalue weighted by molar-refractivity contribution is -0.141. The van der Waals surface area contributed by atoms with Crippen molar-refractivity contribution in [2.24, 2.45) is 0 Å². The normalized spacial score (nSPS) is 18.9. The molecule has 7 rings (SSSR count). The Balaban J connectivity index is 1.22. The van der Waals surface area contributed by atoms with Crippen LogP contribution in [0.25, 0.3) is 32.1 Å². The molecule has 2 unspecified atom stereocenters. The van der Waals surface area contributed by atoms with Gasteiger partial charge in [0.2, 0.25) is 0 Å². The number of carbonyl (C=O) groups is 3.